The van der Waals surface area contributed by atoms with Gasteiger partial charge in [-0.05, 0) is 30.3 Å². The normalized spacial score (nSPS) is 15.5. The predicted octanol–water partition coefficient (Wildman–Crippen LogP) is 4.06. The Morgan fingerprint density at radius 1 is 1.31 bits per heavy atom. The molecule has 3 aromatic rings. The van der Waals surface area contributed by atoms with Gasteiger partial charge in [-0.1, -0.05) is 59.0 Å². The fraction of sp³-hybridized carbons (Fsp3) is 0.150. The van der Waals surface area contributed by atoms with Gasteiger partial charge in [-0.3, -0.25) is 14.4 Å². The van der Waals surface area contributed by atoms with Crippen molar-refractivity contribution >= 4 is 61.4 Å². The molecule has 166 valence electrons. The molecule has 0 fully saturated rings. The number of hydrogen-bond donors (Lipinski definition) is 1. The molecule has 1 amide bonds. The standard InChI is InChI=1S/C20H17ClN4O4S3/c1-2-10-30-20-24-23-19(31-20)22-18(26)17-12-25(15-11-13(21)8-9-16(15)29-17)32(27,28)14-6-4-3-5-7-14/h2-9,11,17H,1,10,12H2,(H,22,23,26)/t17-/m1/s1. The first-order valence-corrected chi connectivity index (χ1v) is 12.9. The Hall–Kier alpha value is -2.60. The Balaban J connectivity index is 1.61. The van der Waals surface area contributed by atoms with Crippen LogP contribution in [0.5, 0.6) is 5.75 Å². The van der Waals surface area contributed by atoms with Crippen molar-refractivity contribution in [1.29, 1.82) is 0 Å². The minimum absolute atomic E-state index is 0.0972. The molecule has 0 saturated heterocycles. The average molecular weight is 509 g/mol. The largest absolute Gasteiger partial charge is 0.476 e. The summed E-state index contributed by atoms with van der Waals surface area (Å²) in [5, 5.41) is 11.3. The van der Waals surface area contributed by atoms with Crippen molar-refractivity contribution in [3.63, 3.8) is 0 Å². The predicted molar refractivity (Wildman–Crippen MR) is 126 cm³/mol. The number of carbonyl (C=O) groups is 1. The smallest absolute Gasteiger partial charge is 0.269 e. The molecular weight excluding hydrogens is 492 g/mol. The molecule has 4 rings (SSSR count). The first-order chi connectivity index (χ1) is 15.4. The molecule has 0 saturated carbocycles. The van der Waals surface area contributed by atoms with Crippen LogP contribution in [0.25, 0.3) is 0 Å². The molecule has 2 heterocycles. The molecule has 0 bridgehead atoms. The maximum atomic E-state index is 13.4. The lowest BCUT2D eigenvalue weighted by molar-refractivity contribution is -0.122. The third-order valence-electron chi connectivity index (χ3n) is 4.38. The number of fused-ring (bicyclic) bond motifs is 1. The van der Waals surface area contributed by atoms with E-state index in [4.69, 9.17) is 16.3 Å². The minimum atomic E-state index is -3.96. The van der Waals surface area contributed by atoms with Gasteiger partial charge in [0, 0.05) is 10.8 Å². The van der Waals surface area contributed by atoms with Crippen LogP contribution in [0.1, 0.15) is 0 Å². The summed E-state index contributed by atoms with van der Waals surface area (Å²) < 4.78 is 34.3. The molecule has 0 spiro atoms. The van der Waals surface area contributed by atoms with E-state index in [9.17, 15) is 13.2 Å². The van der Waals surface area contributed by atoms with Crippen LogP contribution in [-0.4, -0.2) is 42.9 Å². The topological polar surface area (TPSA) is 101 Å². The van der Waals surface area contributed by atoms with Crippen molar-refractivity contribution in [3.05, 3.63) is 66.2 Å². The summed E-state index contributed by atoms with van der Waals surface area (Å²) in [6.45, 7) is 3.42. The number of rotatable bonds is 7. The van der Waals surface area contributed by atoms with E-state index in [-0.39, 0.29) is 22.9 Å². The maximum absolute atomic E-state index is 13.4. The van der Waals surface area contributed by atoms with Crippen molar-refractivity contribution in [2.24, 2.45) is 0 Å². The number of nitrogens with zero attached hydrogens (tertiary/aromatic N) is 3. The fourth-order valence-corrected chi connectivity index (χ4v) is 6.11. The summed E-state index contributed by atoms with van der Waals surface area (Å²) in [6.07, 6.45) is 0.640. The molecule has 0 aliphatic carbocycles. The van der Waals surface area contributed by atoms with E-state index in [1.54, 1.807) is 36.4 Å². The molecule has 1 aliphatic heterocycles. The first-order valence-electron chi connectivity index (χ1n) is 9.30. The van der Waals surface area contributed by atoms with Gasteiger partial charge in [0.25, 0.3) is 15.9 Å². The zero-order chi connectivity index (χ0) is 22.7. The Kier molecular flexibility index (Phi) is 6.70. The van der Waals surface area contributed by atoms with E-state index in [0.717, 1.165) is 4.31 Å². The van der Waals surface area contributed by atoms with E-state index < -0.39 is 22.0 Å². The number of benzene rings is 2. The van der Waals surface area contributed by atoms with Gasteiger partial charge in [-0.25, -0.2) is 8.42 Å². The molecule has 0 unspecified atom stereocenters. The minimum Gasteiger partial charge on any atom is -0.476 e. The average Bonchev–Trinajstić information content (AvgIpc) is 3.24. The second kappa shape index (κ2) is 9.49. The molecule has 32 heavy (non-hydrogen) atoms. The second-order valence-electron chi connectivity index (χ2n) is 6.53. The van der Waals surface area contributed by atoms with Gasteiger partial charge in [0.15, 0.2) is 10.4 Å². The highest BCUT2D eigenvalue weighted by molar-refractivity contribution is 8.01. The zero-order valence-electron chi connectivity index (χ0n) is 16.5. The summed E-state index contributed by atoms with van der Waals surface area (Å²) in [4.78, 5) is 13.0. The maximum Gasteiger partial charge on any atom is 0.269 e. The summed E-state index contributed by atoms with van der Waals surface area (Å²) in [6, 6.07) is 12.6. The molecule has 1 N–H and O–H groups in total. The van der Waals surface area contributed by atoms with E-state index in [0.29, 0.717) is 20.2 Å². The van der Waals surface area contributed by atoms with E-state index in [1.807, 2.05) is 0 Å². The SMILES string of the molecule is C=CCSc1nnc(NC(=O)[C@H]2CN(S(=O)(=O)c3ccccc3)c3cc(Cl)ccc3O2)s1. The number of nitrogens with one attached hydrogen (secondary N) is 1. The lowest BCUT2D eigenvalue weighted by Crippen LogP contribution is -2.48. The number of anilines is 2. The number of amides is 1. The number of sulfonamides is 1. The number of carbonyl (C=O) groups excluding carboxylic acids is 1. The Morgan fingerprint density at radius 2 is 2.09 bits per heavy atom. The summed E-state index contributed by atoms with van der Waals surface area (Å²) in [5.41, 5.74) is 0.268. The lowest BCUT2D eigenvalue weighted by atomic mass is 10.2. The number of aromatic nitrogens is 2. The summed E-state index contributed by atoms with van der Waals surface area (Å²) in [7, 11) is -3.96. The monoisotopic (exact) mass is 508 g/mol. The molecule has 1 aliphatic rings. The number of thioether (sulfide) groups is 1. The summed E-state index contributed by atoms with van der Waals surface area (Å²) >= 11 is 8.76. The Labute approximate surface area is 198 Å². The molecule has 8 nitrogen and oxygen atoms in total. The van der Waals surface area contributed by atoms with Crippen LogP contribution < -0.4 is 14.4 Å². The Bertz CT molecular complexity index is 1250. The fourth-order valence-electron chi connectivity index (χ4n) is 2.94. The van der Waals surface area contributed by atoms with Gasteiger partial charge in [0.05, 0.1) is 17.1 Å². The number of ether oxygens (including phenoxy) is 1. The van der Waals surface area contributed by atoms with Crippen molar-refractivity contribution in [2.75, 3.05) is 21.9 Å². The van der Waals surface area contributed by atoms with Crippen molar-refractivity contribution in [3.8, 4) is 5.75 Å². The van der Waals surface area contributed by atoms with Gasteiger partial charge >= 0.3 is 0 Å². The zero-order valence-corrected chi connectivity index (χ0v) is 19.7. The van der Waals surface area contributed by atoms with Gasteiger partial charge in [0.1, 0.15) is 5.75 Å². The molecule has 1 aromatic heterocycles. The van der Waals surface area contributed by atoms with Crippen LogP contribution >= 0.6 is 34.7 Å². The highest BCUT2D eigenvalue weighted by Gasteiger charge is 2.38. The van der Waals surface area contributed by atoms with Crippen LogP contribution in [0, 0.1) is 0 Å². The van der Waals surface area contributed by atoms with Crippen LogP contribution in [0.2, 0.25) is 5.02 Å². The molecule has 1 atom stereocenters. The first kappa shape index (κ1) is 22.6. The second-order valence-corrected chi connectivity index (χ2v) is 11.1. The van der Waals surface area contributed by atoms with Gasteiger partial charge < -0.3 is 4.74 Å². The van der Waals surface area contributed by atoms with E-state index in [2.05, 4.69) is 22.1 Å². The molecule has 12 heteroatoms. The third kappa shape index (κ3) is 4.75. The van der Waals surface area contributed by atoms with Gasteiger partial charge in [-0.15, -0.1) is 16.8 Å². The molecule has 2 aromatic carbocycles. The van der Waals surface area contributed by atoms with E-state index >= 15 is 0 Å². The van der Waals surface area contributed by atoms with Crippen LogP contribution in [0.15, 0.2) is 70.4 Å². The quantitative estimate of drug-likeness (QED) is 0.291. The van der Waals surface area contributed by atoms with E-state index in [1.165, 1.54) is 41.3 Å². The highest BCUT2D eigenvalue weighted by atomic mass is 35.5. The van der Waals surface area contributed by atoms with Crippen molar-refractivity contribution in [1.82, 2.24) is 10.2 Å². The Morgan fingerprint density at radius 3 is 2.84 bits per heavy atom. The highest BCUT2D eigenvalue weighted by Crippen LogP contribution is 2.39. The molecule has 0 radical (unpaired) electrons. The lowest BCUT2D eigenvalue weighted by Gasteiger charge is -2.34. The van der Waals surface area contributed by atoms with Gasteiger partial charge in [0.2, 0.25) is 5.13 Å². The van der Waals surface area contributed by atoms with Crippen molar-refractivity contribution in [2.45, 2.75) is 15.3 Å². The summed E-state index contributed by atoms with van der Waals surface area (Å²) in [5.74, 6) is 0.370. The van der Waals surface area contributed by atoms with Crippen LogP contribution in [-0.2, 0) is 14.8 Å². The third-order valence-corrected chi connectivity index (χ3v) is 8.37. The van der Waals surface area contributed by atoms with Gasteiger partial charge in [-0.2, -0.15) is 0 Å². The number of hydrogen-bond acceptors (Lipinski definition) is 8. The number of halogens is 1. The van der Waals surface area contributed by atoms with Crippen LogP contribution in [0.3, 0.4) is 0 Å². The van der Waals surface area contributed by atoms with Crippen molar-refractivity contribution < 1.29 is 17.9 Å². The van der Waals surface area contributed by atoms with Crippen LogP contribution in [0.4, 0.5) is 10.8 Å². The molecular formula is C20H17ClN4O4S3.